The van der Waals surface area contributed by atoms with Crippen LogP contribution in [-0.4, -0.2) is 29.2 Å². The number of carbonyl (C=O) groups is 1. The van der Waals surface area contributed by atoms with Crippen LogP contribution in [-0.2, 0) is 0 Å². The van der Waals surface area contributed by atoms with Crippen molar-refractivity contribution in [2.24, 2.45) is 0 Å². The molecular formula is C13H16N4O2. The average molecular weight is 260 g/mol. The summed E-state index contributed by atoms with van der Waals surface area (Å²) in [6.07, 6.45) is 1.50. The number of amides is 1. The van der Waals surface area contributed by atoms with E-state index in [0.717, 1.165) is 5.69 Å². The fourth-order valence-corrected chi connectivity index (χ4v) is 1.58. The van der Waals surface area contributed by atoms with Crippen LogP contribution in [0.3, 0.4) is 0 Å². The maximum atomic E-state index is 11.8. The molecule has 0 aliphatic carbocycles. The monoisotopic (exact) mass is 260 g/mol. The lowest BCUT2D eigenvalue weighted by Gasteiger charge is -2.06. The van der Waals surface area contributed by atoms with Crippen molar-refractivity contribution in [1.82, 2.24) is 15.5 Å². The molecule has 0 fully saturated rings. The number of furan rings is 1. The highest BCUT2D eigenvalue weighted by Crippen LogP contribution is 2.07. The summed E-state index contributed by atoms with van der Waals surface area (Å²) >= 11 is 0. The Bertz CT molecular complexity index is 548. The Morgan fingerprint density at radius 2 is 2.05 bits per heavy atom. The first kappa shape index (κ1) is 13.1. The Labute approximate surface area is 111 Å². The minimum Gasteiger partial charge on any atom is -0.469 e. The number of carbonyl (C=O) groups excluding carboxylic acids is 1. The molecule has 2 heterocycles. The molecule has 2 rings (SSSR count). The van der Waals surface area contributed by atoms with Crippen LogP contribution < -0.4 is 10.6 Å². The smallest absolute Gasteiger partial charge is 0.254 e. The number of nitrogens with zero attached hydrogens (tertiary/aromatic N) is 2. The second-order valence-corrected chi connectivity index (χ2v) is 4.13. The lowest BCUT2D eigenvalue weighted by Crippen LogP contribution is -2.29. The molecule has 0 atom stereocenters. The third-order valence-electron chi connectivity index (χ3n) is 2.62. The van der Waals surface area contributed by atoms with Crippen LogP contribution in [0.5, 0.6) is 0 Å². The van der Waals surface area contributed by atoms with Gasteiger partial charge < -0.3 is 15.1 Å². The molecule has 0 bridgehead atoms. The molecule has 2 N–H and O–H groups in total. The van der Waals surface area contributed by atoms with Crippen molar-refractivity contribution in [2.45, 2.75) is 13.8 Å². The number of aromatic nitrogens is 2. The van der Waals surface area contributed by atoms with E-state index < -0.39 is 0 Å². The fraction of sp³-hybridized carbons (Fsp3) is 0.308. The van der Waals surface area contributed by atoms with E-state index in [4.69, 9.17) is 4.42 Å². The summed E-state index contributed by atoms with van der Waals surface area (Å²) in [5.41, 5.74) is 1.43. The van der Waals surface area contributed by atoms with Gasteiger partial charge in [0.05, 0.1) is 17.5 Å². The molecule has 0 spiro atoms. The third-order valence-corrected chi connectivity index (χ3v) is 2.62. The molecule has 19 heavy (non-hydrogen) atoms. The molecule has 1 amide bonds. The lowest BCUT2D eigenvalue weighted by atomic mass is 10.2. The Morgan fingerprint density at radius 3 is 2.68 bits per heavy atom. The number of anilines is 1. The largest absolute Gasteiger partial charge is 0.469 e. The zero-order valence-corrected chi connectivity index (χ0v) is 10.9. The van der Waals surface area contributed by atoms with E-state index in [0.29, 0.717) is 30.2 Å². The zero-order chi connectivity index (χ0) is 13.7. The molecule has 100 valence electrons. The molecule has 0 unspecified atom stereocenters. The summed E-state index contributed by atoms with van der Waals surface area (Å²) in [6, 6.07) is 5.39. The molecule has 2 aromatic heterocycles. The molecule has 0 aliphatic heterocycles. The molecule has 0 radical (unpaired) electrons. The molecule has 0 saturated heterocycles. The minimum atomic E-state index is -0.136. The van der Waals surface area contributed by atoms with Gasteiger partial charge in [0.15, 0.2) is 0 Å². The molecule has 2 aromatic rings. The summed E-state index contributed by atoms with van der Waals surface area (Å²) in [4.78, 5) is 11.8. The summed E-state index contributed by atoms with van der Waals surface area (Å²) in [7, 11) is 0. The Kier molecular flexibility index (Phi) is 4.12. The molecular weight excluding hydrogens is 244 g/mol. The van der Waals surface area contributed by atoms with Crippen LogP contribution in [0.25, 0.3) is 0 Å². The first-order valence-corrected chi connectivity index (χ1v) is 6.03. The summed E-state index contributed by atoms with van der Waals surface area (Å²) in [5, 5.41) is 13.8. The summed E-state index contributed by atoms with van der Waals surface area (Å²) in [6.45, 7) is 4.72. The molecule has 0 aromatic carbocycles. The standard InChI is InChI=1S/C13H16N4O2/c1-9-3-4-12(17-16-9)14-6-7-15-13(18)11-5-8-19-10(11)2/h3-5,8H,6-7H2,1-2H3,(H,14,17)(H,15,18). The van der Waals surface area contributed by atoms with Crippen molar-refractivity contribution in [1.29, 1.82) is 0 Å². The molecule has 0 aliphatic rings. The van der Waals surface area contributed by atoms with Gasteiger partial charge in [0.2, 0.25) is 0 Å². The normalized spacial score (nSPS) is 10.2. The lowest BCUT2D eigenvalue weighted by molar-refractivity contribution is 0.0953. The van der Waals surface area contributed by atoms with Crippen LogP contribution in [0.1, 0.15) is 21.8 Å². The Hall–Kier alpha value is -2.37. The van der Waals surface area contributed by atoms with Crippen molar-refractivity contribution < 1.29 is 9.21 Å². The van der Waals surface area contributed by atoms with Gasteiger partial charge >= 0.3 is 0 Å². The van der Waals surface area contributed by atoms with Crippen LogP contribution in [0.15, 0.2) is 28.9 Å². The highest BCUT2D eigenvalue weighted by atomic mass is 16.3. The van der Waals surface area contributed by atoms with Gasteiger partial charge in [-0.25, -0.2) is 0 Å². The van der Waals surface area contributed by atoms with Gasteiger partial charge in [-0.2, -0.15) is 5.10 Å². The topological polar surface area (TPSA) is 80.0 Å². The predicted molar refractivity (Wildman–Crippen MR) is 71.0 cm³/mol. The second-order valence-electron chi connectivity index (χ2n) is 4.13. The second kappa shape index (κ2) is 5.99. The fourth-order valence-electron chi connectivity index (χ4n) is 1.58. The SMILES string of the molecule is Cc1ccc(NCCNC(=O)c2ccoc2C)nn1. The highest BCUT2D eigenvalue weighted by molar-refractivity contribution is 5.95. The summed E-state index contributed by atoms with van der Waals surface area (Å²) < 4.78 is 5.08. The predicted octanol–water partition coefficient (Wildman–Crippen LogP) is 1.53. The van der Waals surface area contributed by atoms with Gasteiger partial charge in [-0.1, -0.05) is 0 Å². The highest BCUT2D eigenvalue weighted by Gasteiger charge is 2.09. The van der Waals surface area contributed by atoms with Crippen molar-refractivity contribution in [3.8, 4) is 0 Å². The van der Waals surface area contributed by atoms with Crippen molar-refractivity contribution >= 4 is 11.7 Å². The van der Waals surface area contributed by atoms with Crippen LogP contribution in [0, 0.1) is 13.8 Å². The van der Waals surface area contributed by atoms with Crippen LogP contribution in [0.2, 0.25) is 0 Å². The van der Waals surface area contributed by atoms with Gasteiger partial charge in [0, 0.05) is 13.1 Å². The van der Waals surface area contributed by atoms with E-state index in [2.05, 4.69) is 20.8 Å². The molecule has 0 saturated carbocycles. The number of aryl methyl sites for hydroxylation is 2. The average Bonchev–Trinajstić information content (AvgIpc) is 2.83. The Morgan fingerprint density at radius 1 is 1.21 bits per heavy atom. The minimum absolute atomic E-state index is 0.136. The van der Waals surface area contributed by atoms with Gasteiger partial charge in [-0.15, -0.1) is 5.10 Å². The van der Waals surface area contributed by atoms with Crippen molar-refractivity contribution in [3.63, 3.8) is 0 Å². The number of hydrogen-bond acceptors (Lipinski definition) is 5. The van der Waals surface area contributed by atoms with Gasteiger partial charge in [0.25, 0.3) is 5.91 Å². The molecule has 6 nitrogen and oxygen atoms in total. The van der Waals surface area contributed by atoms with Crippen molar-refractivity contribution in [2.75, 3.05) is 18.4 Å². The number of rotatable bonds is 5. The van der Waals surface area contributed by atoms with Gasteiger partial charge in [0.1, 0.15) is 11.6 Å². The molecule has 6 heteroatoms. The Balaban J connectivity index is 1.74. The number of nitrogens with one attached hydrogen (secondary N) is 2. The summed E-state index contributed by atoms with van der Waals surface area (Å²) in [5.74, 6) is 1.18. The maximum Gasteiger partial charge on any atom is 0.254 e. The van der Waals surface area contributed by atoms with Crippen LogP contribution in [0.4, 0.5) is 5.82 Å². The number of hydrogen-bond donors (Lipinski definition) is 2. The zero-order valence-electron chi connectivity index (χ0n) is 10.9. The third kappa shape index (κ3) is 3.54. The maximum absolute atomic E-state index is 11.8. The van der Waals surface area contributed by atoms with Crippen LogP contribution >= 0.6 is 0 Å². The van der Waals surface area contributed by atoms with E-state index in [1.165, 1.54) is 6.26 Å². The van der Waals surface area contributed by atoms with E-state index in [-0.39, 0.29) is 5.91 Å². The van der Waals surface area contributed by atoms with E-state index in [9.17, 15) is 4.79 Å². The first-order valence-electron chi connectivity index (χ1n) is 6.03. The van der Waals surface area contributed by atoms with E-state index in [1.54, 1.807) is 13.0 Å². The van der Waals surface area contributed by atoms with Gasteiger partial charge in [-0.05, 0) is 32.0 Å². The van der Waals surface area contributed by atoms with E-state index in [1.807, 2.05) is 19.1 Å². The van der Waals surface area contributed by atoms with Crippen molar-refractivity contribution in [3.05, 3.63) is 41.5 Å². The van der Waals surface area contributed by atoms with E-state index >= 15 is 0 Å². The quantitative estimate of drug-likeness (QED) is 0.797. The van der Waals surface area contributed by atoms with Gasteiger partial charge in [-0.3, -0.25) is 4.79 Å². The first-order chi connectivity index (χ1) is 9.16.